The Balaban J connectivity index is 2.04. The molecule has 5 heteroatoms. The largest absolute Gasteiger partial charge is 0.390 e. The monoisotopic (exact) mass is 182 g/mol. The summed E-state index contributed by atoms with van der Waals surface area (Å²) in [5.74, 6) is 0. The van der Waals surface area contributed by atoms with Gasteiger partial charge in [0.25, 0.3) is 0 Å². The van der Waals surface area contributed by atoms with E-state index in [1.807, 2.05) is 7.05 Å². The lowest BCUT2D eigenvalue weighted by Gasteiger charge is -2.39. The Morgan fingerprint density at radius 1 is 1.42 bits per heavy atom. The molecule has 0 amide bonds. The van der Waals surface area contributed by atoms with Crippen molar-refractivity contribution in [3.05, 3.63) is 0 Å². The summed E-state index contributed by atoms with van der Waals surface area (Å²) >= 11 is 0. The zero-order chi connectivity index (χ0) is 9.19. The van der Waals surface area contributed by atoms with Crippen molar-refractivity contribution in [3.8, 4) is 0 Å². The second-order valence-electron chi connectivity index (χ2n) is 3.11. The van der Waals surface area contributed by atoms with Gasteiger partial charge in [0, 0.05) is 25.7 Å². The van der Waals surface area contributed by atoms with E-state index in [0.717, 1.165) is 13.1 Å². The molecule has 1 aliphatic rings. The van der Waals surface area contributed by atoms with Crippen molar-refractivity contribution in [1.82, 2.24) is 10.2 Å². The minimum Gasteiger partial charge on any atom is -0.315 e. The molecular formula is C7H13F3N2. The van der Waals surface area contributed by atoms with E-state index in [1.54, 1.807) is 4.90 Å². The smallest absolute Gasteiger partial charge is 0.315 e. The van der Waals surface area contributed by atoms with Crippen LogP contribution < -0.4 is 5.32 Å². The van der Waals surface area contributed by atoms with E-state index in [2.05, 4.69) is 5.32 Å². The summed E-state index contributed by atoms with van der Waals surface area (Å²) in [4.78, 5) is 1.80. The zero-order valence-electron chi connectivity index (χ0n) is 6.99. The number of hydrogen-bond acceptors (Lipinski definition) is 2. The maximum atomic E-state index is 11.7. The molecule has 0 unspecified atom stereocenters. The zero-order valence-corrected chi connectivity index (χ0v) is 6.99. The number of likely N-dealkylation sites (N-methyl/N-ethyl adjacent to an activating group) is 1. The van der Waals surface area contributed by atoms with Crippen LogP contribution in [0.5, 0.6) is 0 Å². The van der Waals surface area contributed by atoms with Crippen LogP contribution >= 0.6 is 0 Å². The molecule has 72 valence electrons. The van der Waals surface area contributed by atoms with Crippen molar-refractivity contribution in [2.45, 2.75) is 18.6 Å². The molecular weight excluding hydrogens is 169 g/mol. The fourth-order valence-electron chi connectivity index (χ4n) is 1.22. The molecule has 1 heterocycles. The fourth-order valence-corrected chi connectivity index (χ4v) is 1.22. The molecule has 1 N–H and O–H groups in total. The molecule has 0 bridgehead atoms. The first-order valence-electron chi connectivity index (χ1n) is 3.97. The average Bonchev–Trinajstić information content (AvgIpc) is 1.82. The molecule has 0 aromatic rings. The van der Waals surface area contributed by atoms with Crippen LogP contribution in [0.3, 0.4) is 0 Å². The molecule has 2 nitrogen and oxygen atoms in total. The van der Waals surface area contributed by atoms with Crippen molar-refractivity contribution in [2.75, 3.05) is 26.7 Å². The van der Waals surface area contributed by atoms with Gasteiger partial charge >= 0.3 is 6.18 Å². The highest BCUT2D eigenvalue weighted by Gasteiger charge is 2.31. The highest BCUT2D eigenvalue weighted by molar-refractivity contribution is 4.84. The van der Waals surface area contributed by atoms with Gasteiger partial charge in [-0.15, -0.1) is 0 Å². The standard InChI is InChI=1S/C7H13F3N2/c1-11-6-4-12(5-6)3-2-7(8,9)10/h6,11H,2-5H2,1H3. The van der Waals surface area contributed by atoms with Crippen molar-refractivity contribution in [3.63, 3.8) is 0 Å². The van der Waals surface area contributed by atoms with Crippen LogP contribution in [0.4, 0.5) is 13.2 Å². The second kappa shape index (κ2) is 3.62. The molecule has 12 heavy (non-hydrogen) atoms. The van der Waals surface area contributed by atoms with Gasteiger partial charge in [-0.05, 0) is 7.05 Å². The predicted octanol–water partition coefficient (Wildman–Crippen LogP) is 0.842. The second-order valence-corrected chi connectivity index (χ2v) is 3.11. The van der Waals surface area contributed by atoms with Gasteiger partial charge in [0.1, 0.15) is 0 Å². The maximum absolute atomic E-state index is 11.7. The first-order chi connectivity index (χ1) is 5.51. The number of nitrogens with one attached hydrogen (secondary N) is 1. The quantitative estimate of drug-likeness (QED) is 0.695. The van der Waals surface area contributed by atoms with E-state index < -0.39 is 12.6 Å². The van der Waals surface area contributed by atoms with E-state index in [-0.39, 0.29) is 6.54 Å². The van der Waals surface area contributed by atoms with Crippen LogP contribution in [0.1, 0.15) is 6.42 Å². The normalized spacial score (nSPS) is 21.0. The molecule has 0 aromatic heterocycles. The first-order valence-corrected chi connectivity index (χ1v) is 3.97. The lowest BCUT2D eigenvalue weighted by atomic mass is 10.1. The van der Waals surface area contributed by atoms with Gasteiger partial charge in [-0.25, -0.2) is 0 Å². The van der Waals surface area contributed by atoms with Crippen LogP contribution in [-0.4, -0.2) is 43.8 Å². The molecule has 1 saturated heterocycles. The van der Waals surface area contributed by atoms with E-state index in [0.29, 0.717) is 6.04 Å². The minimum atomic E-state index is -4.01. The van der Waals surface area contributed by atoms with Crippen molar-refractivity contribution < 1.29 is 13.2 Å². The fraction of sp³-hybridized carbons (Fsp3) is 1.00. The van der Waals surface area contributed by atoms with Gasteiger partial charge in [-0.3, -0.25) is 4.90 Å². The van der Waals surface area contributed by atoms with Crippen LogP contribution in [0.15, 0.2) is 0 Å². The minimum absolute atomic E-state index is 0.141. The Morgan fingerprint density at radius 3 is 2.42 bits per heavy atom. The number of alkyl halides is 3. The summed E-state index contributed by atoms with van der Waals surface area (Å²) in [6.07, 6.45) is -4.70. The van der Waals surface area contributed by atoms with Gasteiger partial charge in [0.2, 0.25) is 0 Å². The van der Waals surface area contributed by atoms with Gasteiger partial charge in [0.15, 0.2) is 0 Å². The summed E-state index contributed by atoms with van der Waals surface area (Å²) in [7, 11) is 1.83. The molecule has 0 saturated carbocycles. The molecule has 0 spiro atoms. The third kappa shape index (κ3) is 2.98. The lowest BCUT2D eigenvalue weighted by molar-refractivity contribution is -0.140. The molecule has 0 aromatic carbocycles. The van der Waals surface area contributed by atoms with Crippen molar-refractivity contribution >= 4 is 0 Å². The number of rotatable bonds is 3. The summed E-state index contributed by atoms with van der Waals surface area (Å²) < 4.78 is 35.1. The molecule has 0 radical (unpaired) electrons. The number of likely N-dealkylation sites (tertiary alicyclic amines) is 1. The number of halogens is 3. The third-order valence-electron chi connectivity index (χ3n) is 2.08. The van der Waals surface area contributed by atoms with E-state index in [1.165, 1.54) is 0 Å². The molecule has 1 aliphatic heterocycles. The topological polar surface area (TPSA) is 15.3 Å². The SMILES string of the molecule is CNC1CN(CCC(F)(F)F)C1. The van der Waals surface area contributed by atoms with E-state index in [4.69, 9.17) is 0 Å². The Hall–Kier alpha value is -0.290. The van der Waals surface area contributed by atoms with E-state index >= 15 is 0 Å². The van der Waals surface area contributed by atoms with Gasteiger partial charge in [0.05, 0.1) is 6.42 Å². The Kier molecular flexibility index (Phi) is 2.95. The predicted molar refractivity (Wildman–Crippen MR) is 40.0 cm³/mol. The third-order valence-corrected chi connectivity index (χ3v) is 2.08. The van der Waals surface area contributed by atoms with Crippen molar-refractivity contribution in [2.24, 2.45) is 0 Å². The molecule has 0 aliphatic carbocycles. The highest BCUT2D eigenvalue weighted by atomic mass is 19.4. The first kappa shape index (κ1) is 9.80. The van der Waals surface area contributed by atoms with Gasteiger partial charge in [-0.1, -0.05) is 0 Å². The Labute approximate surface area is 69.7 Å². The van der Waals surface area contributed by atoms with Crippen LogP contribution in [0.2, 0.25) is 0 Å². The average molecular weight is 182 g/mol. The molecule has 0 atom stereocenters. The van der Waals surface area contributed by atoms with Crippen molar-refractivity contribution in [1.29, 1.82) is 0 Å². The number of hydrogen-bond donors (Lipinski definition) is 1. The lowest BCUT2D eigenvalue weighted by Crippen LogP contribution is -2.57. The molecule has 1 rings (SSSR count). The van der Waals surface area contributed by atoms with Gasteiger partial charge < -0.3 is 5.32 Å². The summed E-state index contributed by atoms with van der Waals surface area (Å²) in [6, 6.07) is 0.387. The molecule has 1 fully saturated rings. The Bertz CT molecular complexity index is 140. The van der Waals surface area contributed by atoms with E-state index in [9.17, 15) is 13.2 Å². The maximum Gasteiger partial charge on any atom is 0.390 e. The van der Waals surface area contributed by atoms with Crippen LogP contribution in [-0.2, 0) is 0 Å². The summed E-state index contributed by atoms with van der Waals surface area (Å²) in [5.41, 5.74) is 0. The summed E-state index contributed by atoms with van der Waals surface area (Å²) in [6.45, 7) is 1.63. The van der Waals surface area contributed by atoms with Crippen LogP contribution in [0.25, 0.3) is 0 Å². The van der Waals surface area contributed by atoms with Gasteiger partial charge in [-0.2, -0.15) is 13.2 Å². The van der Waals surface area contributed by atoms with Crippen LogP contribution in [0, 0.1) is 0 Å². The highest BCUT2D eigenvalue weighted by Crippen LogP contribution is 2.21. The Morgan fingerprint density at radius 2 is 2.00 bits per heavy atom. The number of nitrogens with zero attached hydrogens (tertiary/aromatic N) is 1. The summed E-state index contributed by atoms with van der Waals surface area (Å²) in [5, 5.41) is 3.01.